The van der Waals surface area contributed by atoms with Crippen molar-refractivity contribution in [2.45, 2.75) is 26.8 Å². The minimum Gasteiger partial charge on any atom is -0.383 e. The number of nitrogens with two attached hydrogens (primary N) is 1. The molecular formula is C14H18N4. The molecule has 4 nitrogen and oxygen atoms in total. The van der Waals surface area contributed by atoms with Gasteiger partial charge in [0.1, 0.15) is 17.5 Å². The summed E-state index contributed by atoms with van der Waals surface area (Å²) < 4.78 is 0. The van der Waals surface area contributed by atoms with Crippen molar-refractivity contribution in [3.05, 3.63) is 47.3 Å². The van der Waals surface area contributed by atoms with Crippen LogP contribution >= 0.6 is 0 Å². The zero-order valence-corrected chi connectivity index (χ0v) is 10.9. The number of nitrogens with zero attached hydrogens (tertiary/aromatic N) is 2. The first-order chi connectivity index (χ1) is 8.58. The Kier molecular flexibility index (Phi) is 3.46. The summed E-state index contributed by atoms with van der Waals surface area (Å²) in [6.45, 7) is 5.87. The highest BCUT2D eigenvalue weighted by Crippen LogP contribution is 2.22. The van der Waals surface area contributed by atoms with E-state index in [4.69, 9.17) is 5.73 Å². The number of aromatic nitrogens is 2. The molecule has 4 heteroatoms. The van der Waals surface area contributed by atoms with Gasteiger partial charge in [0.25, 0.3) is 0 Å². The molecule has 0 bridgehead atoms. The Morgan fingerprint density at radius 2 is 1.78 bits per heavy atom. The summed E-state index contributed by atoms with van der Waals surface area (Å²) in [5, 5.41) is 3.38. The number of nitrogen functional groups attached to an aromatic ring is 1. The van der Waals surface area contributed by atoms with Crippen molar-refractivity contribution in [1.29, 1.82) is 0 Å². The maximum Gasteiger partial charge on any atom is 0.135 e. The van der Waals surface area contributed by atoms with E-state index in [0.717, 1.165) is 11.4 Å². The molecule has 94 valence electrons. The molecule has 1 atom stereocenters. The summed E-state index contributed by atoms with van der Waals surface area (Å²) in [7, 11) is 0. The van der Waals surface area contributed by atoms with Crippen LogP contribution in [0.4, 0.5) is 11.6 Å². The Balaban J connectivity index is 2.24. The van der Waals surface area contributed by atoms with E-state index in [1.807, 2.05) is 32.0 Å². The number of benzene rings is 1. The van der Waals surface area contributed by atoms with Crippen LogP contribution in [-0.4, -0.2) is 9.97 Å². The Bertz CT molecular complexity index is 537. The molecule has 1 unspecified atom stereocenters. The molecule has 0 spiro atoms. The zero-order valence-electron chi connectivity index (χ0n) is 10.9. The molecule has 0 amide bonds. The van der Waals surface area contributed by atoms with E-state index in [1.165, 1.54) is 5.56 Å². The first-order valence-electron chi connectivity index (χ1n) is 6.00. The molecule has 0 radical (unpaired) electrons. The Hall–Kier alpha value is -2.10. The fourth-order valence-electron chi connectivity index (χ4n) is 1.82. The average molecular weight is 242 g/mol. The Morgan fingerprint density at radius 1 is 1.11 bits per heavy atom. The molecule has 0 aliphatic carbocycles. The predicted molar refractivity (Wildman–Crippen MR) is 74.4 cm³/mol. The average Bonchev–Trinajstić information content (AvgIpc) is 2.36. The second-order valence-corrected chi connectivity index (χ2v) is 4.41. The fourth-order valence-corrected chi connectivity index (χ4v) is 1.82. The van der Waals surface area contributed by atoms with Gasteiger partial charge in [-0.05, 0) is 26.3 Å². The number of hydrogen-bond donors (Lipinski definition) is 2. The van der Waals surface area contributed by atoms with Crippen molar-refractivity contribution in [1.82, 2.24) is 9.97 Å². The summed E-state index contributed by atoms with van der Waals surface area (Å²) in [5.74, 6) is 2.02. The van der Waals surface area contributed by atoms with E-state index >= 15 is 0 Å². The number of anilines is 2. The minimum absolute atomic E-state index is 0.179. The van der Waals surface area contributed by atoms with Crippen molar-refractivity contribution < 1.29 is 0 Å². The Morgan fingerprint density at radius 3 is 2.44 bits per heavy atom. The van der Waals surface area contributed by atoms with Gasteiger partial charge >= 0.3 is 0 Å². The third kappa shape index (κ3) is 2.59. The van der Waals surface area contributed by atoms with E-state index in [2.05, 4.69) is 34.3 Å². The van der Waals surface area contributed by atoms with Crippen molar-refractivity contribution >= 4 is 11.6 Å². The topological polar surface area (TPSA) is 63.8 Å². The lowest BCUT2D eigenvalue weighted by Crippen LogP contribution is -2.11. The molecular weight excluding hydrogens is 224 g/mol. The normalized spacial score (nSPS) is 12.2. The van der Waals surface area contributed by atoms with Gasteiger partial charge in [-0.1, -0.05) is 30.3 Å². The second-order valence-electron chi connectivity index (χ2n) is 4.41. The van der Waals surface area contributed by atoms with Gasteiger partial charge < -0.3 is 11.1 Å². The molecule has 0 saturated carbocycles. The SMILES string of the molecule is Cc1nc(N)c(C)c(NC(C)c2ccccc2)n1. The van der Waals surface area contributed by atoms with Gasteiger partial charge in [-0.25, -0.2) is 9.97 Å². The molecule has 3 N–H and O–H groups in total. The van der Waals surface area contributed by atoms with Crippen molar-refractivity contribution in [2.24, 2.45) is 0 Å². The molecule has 2 rings (SSSR count). The van der Waals surface area contributed by atoms with E-state index in [-0.39, 0.29) is 6.04 Å². The summed E-state index contributed by atoms with van der Waals surface area (Å²) >= 11 is 0. The van der Waals surface area contributed by atoms with Crippen LogP contribution in [0.3, 0.4) is 0 Å². The van der Waals surface area contributed by atoms with Crippen LogP contribution in [0.5, 0.6) is 0 Å². The highest BCUT2D eigenvalue weighted by molar-refractivity contribution is 5.55. The van der Waals surface area contributed by atoms with Crippen LogP contribution < -0.4 is 11.1 Å². The first kappa shape index (κ1) is 12.4. The minimum atomic E-state index is 0.179. The van der Waals surface area contributed by atoms with Crippen LogP contribution in [0, 0.1) is 13.8 Å². The van der Waals surface area contributed by atoms with E-state index < -0.39 is 0 Å². The molecule has 0 aliphatic rings. The number of nitrogens with one attached hydrogen (secondary N) is 1. The third-order valence-electron chi connectivity index (χ3n) is 2.95. The lowest BCUT2D eigenvalue weighted by Gasteiger charge is -2.17. The van der Waals surface area contributed by atoms with E-state index in [9.17, 15) is 0 Å². The van der Waals surface area contributed by atoms with Gasteiger partial charge in [0.15, 0.2) is 0 Å². The standard InChI is InChI=1S/C14H18N4/c1-9-13(15)17-11(3)18-14(9)16-10(2)12-7-5-4-6-8-12/h4-8,10H,1-3H3,(H3,15,16,17,18). The second kappa shape index (κ2) is 5.04. The molecule has 0 aliphatic heterocycles. The van der Waals surface area contributed by atoms with Crippen LogP contribution in [0.25, 0.3) is 0 Å². The smallest absolute Gasteiger partial charge is 0.135 e. The van der Waals surface area contributed by atoms with Gasteiger partial charge in [0, 0.05) is 11.6 Å². The van der Waals surface area contributed by atoms with Crippen molar-refractivity contribution in [3.8, 4) is 0 Å². The van der Waals surface area contributed by atoms with Gasteiger partial charge in [-0.15, -0.1) is 0 Å². The van der Waals surface area contributed by atoms with Gasteiger partial charge in [0.2, 0.25) is 0 Å². The van der Waals surface area contributed by atoms with Crippen LogP contribution in [0.2, 0.25) is 0 Å². The molecule has 2 aromatic rings. The zero-order chi connectivity index (χ0) is 13.1. The van der Waals surface area contributed by atoms with Gasteiger partial charge in [0.05, 0.1) is 0 Å². The molecule has 1 aromatic carbocycles. The predicted octanol–water partition coefficient (Wildman–Crippen LogP) is 2.85. The molecule has 0 saturated heterocycles. The van der Waals surface area contributed by atoms with Crippen LogP contribution in [-0.2, 0) is 0 Å². The van der Waals surface area contributed by atoms with E-state index in [0.29, 0.717) is 11.6 Å². The van der Waals surface area contributed by atoms with Crippen LogP contribution in [0.1, 0.15) is 29.9 Å². The van der Waals surface area contributed by atoms with Crippen LogP contribution in [0.15, 0.2) is 30.3 Å². The summed E-state index contributed by atoms with van der Waals surface area (Å²) in [5.41, 5.74) is 7.95. The molecule has 0 fully saturated rings. The molecule has 18 heavy (non-hydrogen) atoms. The van der Waals surface area contributed by atoms with E-state index in [1.54, 1.807) is 0 Å². The maximum absolute atomic E-state index is 5.84. The largest absolute Gasteiger partial charge is 0.383 e. The highest BCUT2D eigenvalue weighted by Gasteiger charge is 2.10. The quantitative estimate of drug-likeness (QED) is 0.868. The highest BCUT2D eigenvalue weighted by atomic mass is 15.1. The lowest BCUT2D eigenvalue weighted by atomic mass is 10.1. The maximum atomic E-state index is 5.84. The lowest BCUT2D eigenvalue weighted by molar-refractivity contribution is 0.863. The van der Waals surface area contributed by atoms with Gasteiger partial charge in [-0.3, -0.25) is 0 Å². The summed E-state index contributed by atoms with van der Waals surface area (Å²) in [4.78, 5) is 8.54. The molecule has 1 heterocycles. The Labute approximate surface area is 107 Å². The van der Waals surface area contributed by atoms with Crippen molar-refractivity contribution in [3.63, 3.8) is 0 Å². The third-order valence-corrected chi connectivity index (χ3v) is 2.95. The molecule has 1 aromatic heterocycles. The summed E-state index contributed by atoms with van der Waals surface area (Å²) in [6, 6.07) is 10.4. The fraction of sp³-hybridized carbons (Fsp3) is 0.286. The monoisotopic (exact) mass is 242 g/mol. The first-order valence-corrected chi connectivity index (χ1v) is 6.00. The number of hydrogen-bond acceptors (Lipinski definition) is 4. The summed E-state index contributed by atoms with van der Waals surface area (Å²) in [6.07, 6.45) is 0. The van der Waals surface area contributed by atoms with Gasteiger partial charge in [-0.2, -0.15) is 0 Å². The van der Waals surface area contributed by atoms with Crippen molar-refractivity contribution in [2.75, 3.05) is 11.1 Å². The number of rotatable bonds is 3. The number of aryl methyl sites for hydroxylation is 1.